The van der Waals surface area contributed by atoms with Crippen LogP contribution in [-0.4, -0.2) is 31.5 Å². The summed E-state index contributed by atoms with van der Waals surface area (Å²) in [5.74, 6) is -2.17. The van der Waals surface area contributed by atoms with E-state index in [1.54, 1.807) is 0 Å². The lowest BCUT2D eigenvalue weighted by Crippen LogP contribution is -2.04. The molecule has 0 amide bonds. The molecule has 0 fully saturated rings. The molecule has 3 heterocycles. The predicted molar refractivity (Wildman–Crippen MR) is 71.8 cm³/mol. The molecule has 0 bridgehead atoms. The lowest BCUT2D eigenvalue weighted by Gasteiger charge is -2.01. The van der Waals surface area contributed by atoms with Crippen molar-refractivity contribution in [2.75, 3.05) is 0 Å². The normalized spacial score (nSPS) is 10.9. The van der Waals surface area contributed by atoms with Crippen molar-refractivity contribution in [3.63, 3.8) is 0 Å². The number of pyridine rings is 1. The molecule has 0 saturated heterocycles. The van der Waals surface area contributed by atoms with Gasteiger partial charge in [0.05, 0.1) is 11.1 Å². The third-order valence-electron chi connectivity index (χ3n) is 2.89. The monoisotopic (exact) mass is 306 g/mol. The van der Waals surface area contributed by atoms with Gasteiger partial charge in [0.15, 0.2) is 22.5 Å². The Bertz CT molecular complexity index is 880. The number of halogens is 1. The van der Waals surface area contributed by atoms with Crippen LogP contribution < -0.4 is 0 Å². The maximum absolute atomic E-state index is 11.3. The summed E-state index contributed by atoms with van der Waals surface area (Å²) in [7, 11) is 0. The molecule has 0 aromatic carbocycles. The van der Waals surface area contributed by atoms with Crippen molar-refractivity contribution in [1.82, 2.24) is 9.38 Å². The van der Waals surface area contributed by atoms with Crippen LogP contribution in [0.3, 0.4) is 0 Å². The summed E-state index contributed by atoms with van der Waals surface area (Å²) in [6.07, 6.45) is 1.51. The van der Waals surface area contributed by atoms with Crippen LogP contribution in [0.5, 0.6) is 0 Å². The quantitative estimate of drug-likeness (QED) is 0.770. The molecule has 3 aromatic heterocycles. The van der Waals surface area contributed by atoms with Gasteiger partial charge in [0.25, 0.3) is 0 Å². The number of hydrogen-bond donors (Lipinski definition) is 2. The lowest BCUT2D eigenvalue weighted by atomic mass is 10.2. The first-order valence-corrected chi connectivity index (χ1v) is 6.10. The average molecular weight is 307 g/mol. The second-order valence-corrected chi connectivity index (χ2v) is 4.51. The molecule has 0 saturated carbocycles. The number of hydrogen-bond acceptors (Lipinski definition) is 4. The van der Waals surface area contributed by atoms with Crippen LogP contribution in [0.25, 0.3) is 17.1 Å². The zero-order valence-corrected chi connectivity index (χ0v) is 11.0. The molecular weight excluding hydrogens is 300 g/mol. The molecule has 0 aliphatic carbocycles. The number of carboxylic acids is 2. The molecule has 0 aliphatic rings. The predicted octanol–water partition coefficient (Wildman–Crippen LogP) is 2.64. The minimum atomic E-state index is -1.33. The third kappa shape index (κ3) is 2.03. The number of fused-ring (bicyclic) bond motifs is 1. The van der Waals surface area contributed by atoms with Crippen LogP contribution >= 0.6 is 11.6 Å². The van der Waals surface area contributed by atoms with Gasteiger partial charge < -0.3 is 14.6 Å². The van der Waals surface area contributed by atoms with Crippen LogP contribution in [0.15, 0.2) is 34.9 Å². The molecule has 21 heavy (non-hydrogen) atoms. The number of rotatable bonds is 3. The van der Waals surface area contributed by atoms with E-state index in [4.69, 9.17) is 16.0 Å². The maximum Gasteiger partial charge on any atom is 0.356 e. The number of furan rings is 1. The number of carboxylic acid groups (broad SMARTS) is 2. The Morgan fingerprint density at radius 1 is 1.19 bits per heavy atom. The van der Waals surface area contributed by atoms with Crippen LogP contribution in [0.2, 0.25) is 5.22 Å². The minimum absolute atomic E-state index is 0.0139. The Morgan fingerprint density at radius 3 is 2.52 bits per heavy atom. The molecule has 8 heteroatoms. The van der Waals surface area contributed by atoms with E-state index in [2.05, 4.69) is 4.98 Å². The van der Waals surface area contributed by atoms with E-state index >= 15 is 0 Å². The van der Waals surface area contributed by atoms with Crippen LogP contribution in [0.4, 0.5) is 0 Å². The highest BCUT2D eigenvalue weighted by atomic mass is 35.5. The highest BCUT2D eigenvalue weighted by Crippen LogP contribution is 2.28. The van der Waals surface area contributed by atoms with E-state index in [0.29, 0.717) is 0 Å². The molecule has 0 unspecified atom stereocenters. The number of imidazole rings is 1. The highest BCUT2D eigenvalue weighted by Gasteiger charge is 2.24. The molecule has 0 aliphatic heterocycles. The van der Waals surface area contributed by atoms with Gasteiger partial charge in [-0.05, 0) is 35.9 Å². The molecule has 2 N–H and O–H groups in total. The Balaban J connectivity index is 2.41. The maximum atomic E-state index is 11.3. The summed E-state index contributed by atoms with van der Waals surface area (Å²) in [5.41, 5.74) is -0.540. The zero-order chi connectivity index (χ0) is 15.1. The molecule has 106 valence electrons. The second-order valence-electron chi connectivity index (χ2n) is 4.14. The number of carbonyl (C=O) groups is 2. The van der Waals surface area contributed by atoms with E-state index in [1.165, 1.54) is 34.9 Å². The van der Waals surface area contributed by atoms with E-state index in [-0.39, 0.29) is 33.6 Å². The SMILES string of the molecule is O=C(O)c1cccn2c(-c3ccc(Cl)o3)nc(C(=O)O)c12. The van der Waals surface area contributed by atoms with E-state index in [9.17, 15) is 19.8 Å². The van der Waals surface area contributed by atoms with Crippen LogP contribution in [0.1, 0.15) is 20.8 Å². The number of nitrogens with zero attached hydrogens (tertiary/aromatic N) is 2. The summed E-state index contributed by atoms with van der Waals surface area (Å²) in [6, 6.07) is 5.80. The van der Waals surface area contributed by atoms with Gasteiger partial charge in [0, 0.05) is 6.20 Å². The minimum Gasteiger partial charge on any atom is -0.478 e. The van der Waals surface area contributed by atoms with E-state index in [1.807, 2.05) is 0 Å². The van der Waals surface area contributed by atoms with Crippen molar-refractivity contribution in [3.8, 4) is 11.6 Å². The van der Waals surface area contributed by atoms with Gasteiger partial charge in [0.1, 0.15) is 0 Å². The van der Waals surface area contributed by atoms with Gasteiger partial charge in [-0.2, -0.15) is 0 Å². The fourth-order valence-corrected chi connectivity index (χ4v) is 2.22. The zero-order valence-electron chi connectivity index (χ0n) is 10.3. The first-order chi connectivity index (χ1) is 9.99. The summed E-state index contributed by atoms with van der Waals surface area (Å²) in [6.45, 7) is 0. The van der Waals surface area contributed by atoms with Gasteiger partial charge in [-0.1, -0.05) is 0 Å². The standard InChI is InChI=1S/C13H7ClN2O5/c14-8-4-3-7(21-8)11-15-9(13(19)20)10-6(12(17)18)2-1-5-16(10)11/h1-5H,(H,17,18)(H,19,20). The van der Waals surface area contributed by atoms with Crippen molar-refractivity contribution in [1.29, 1.82) is 0 Å². The molecule has 0 atom stereocenters. The summed E-state index contributed by atoms with van der Waals surface area (Å²) >= 11 is 5.70. The highest BCUT2D eigenvalue weighted by molar-refractivity contribution is 6.29. The van der Waals surface area contributed by atoms with Gasteiger partial charge in [-0.15, -0.1) is 0 Å². The molecule has 0 spiro atoms. The van der Waals surface area contributed by atoms with E-state index < -0.39 is 11.9 Å². The van der Waals surface area contributed by atoms with Gasteiger partial charge in [0.2, 0.25) is 0 Å². The lowest BCUT2D eigenvalue weighted by molar-refractivity contribution is 0.0691. The Morgan fingerprint density at radius 2 is 1.95 bits per heavy atom. The fourth-order valence-electron chi connectivity index (χ4n) is 2.07. The molecule has 0 radical (unpaired) electrons. The fraction of sp³-hybridized carbons (Fsp3) is 0. The van der Waals surface area contributed by atoms with Crippen molar-refractivity contribution >= 4 is 29.1 Å². The molecule has 3 rings (SSSR count). The Kier molecular flexibility index (Phi) is 2.91. The third-order valence-corrected chi connectivity index (χ3v) is 3.09. The Labute approximate surface area is 122 Å². The summed E-state index contributed by atoms with van der Waals surface area (Å²) < 4.78 is 6.56. The second kappa shape index (κ2) is 4.64. The van der Waals surface area contributed by atoms with Crippen molar-refractivity contribution in [2.45, 2.75) is 0 Å². The number of aromatic carboxylic acids is 2. The van der Waals surface area contributed by atoms with Crippen molar-refractivity contribution in [2.24, 2.45) is 0 Å². The Hall–Kier alpha value is -2.80. The molecule has 7 nitrogen and oxygen atoms in total. The van der Waals surface area contributed by atoms with Gasteiger partial charge in [-0.3, -0.25) is 4.40 Å². The first kappa shape index (κ1) is 13.2. The summed E-state index contributed by atoms with van der Waals surface area (Å²) in [5, 5.41) is 18.5. The topological polar surface area (TPSA) is 105 Å². The smallest absolute Gasteiger partial charge is 0.356 e. The first-order valence-electron chi connectivity index (χ1n) is 5.72. The van der Waals surface area contributed by atoms with Crippen molar-refractivity contribution < 1.29 is 24.2 Å². The van der Waals surface area contributed by atoms with E-state index in [0.717, 1.165) is 0 Å². The largest absolute Gasteiger partial charge is 0.478 e. The summed E-state index contributed by atoms with van der Waals surface area (Å²) in [4.78, 5) is 26.5. The molecular formula is C13H7ClN2O5. The average Bonchev–Trinajstić information content (AvgIpc) is 3.01. The molecule has 3 aromatic rings. The number of aromatic nitrogens is 2. The van der Waals surface area contributed by atoms with Crippen LogP contribution in [-0.2, 0) is 0 Å². The van der Waals surface area contributed by atoms with Gasteiger partial charge >= 0.3 is 11.9 Å². The van der Waals surface area contributed by atoms with Crippen molar-refractivity contribution in [3.05, 3.63) is 46.9 Å². The van der Waals surface area contributed by atoms with Crippen LogP contribution in [0, 0.1) is 0 Å². The van der Waals surface area contributed by atoms with Gasteiger partial charge in [-0.25, -0.2) is 14.6 Å².